The predicted octanol–water partition coefficient (Wildman–Crippen LogP) is 19.4. The fraction of sp³-hybridized carbons (Fsp3) is 0.889. The molecule has 0 aromatic heterocycles. The molecule has 0 bridgehead atoms. The van der Waals surface area contributed by atoms with E-state index in [0.29, 0.717) is 12.8 Å². The van der Waals surface area contributed by atoms with Gasteiger partial charge in [-0.25, -0.2) is 0 Å². The van der Waals surface area contributed by atoms with Crippen LogP contribution in [0, 0.1) is 0 Å². The Morgan fingerprint density at radius 2 is 0.603 bits per heavy atom. The van der Waals surface area contributed by atoms with Gasteiger partial charge in [-0.1, -0.05) is 288 Å². The molecular formula is C63H121NO4. The van der Waals surface area contributed by atoms with E-state index < -0.39 is 18.2 Å². The van der Waals surface area contributed by atoms with Gasteiger partial charge in [-0.15, -0.1) is 0 Å². The quantitative estimate of drug-likeness (QED) is 0.0361. The van der Waals surface area contributed by atoms with E-state index in [9.17, 15) is 20.1 Å². The maximum Gasteiger partial charge on any atom is 0.220 e. The van der Waals surface area contributed by atoms with E-state index in [1.54, 1.807) is 0 Å². The van der Waals surface area contributed by atoms with Gasteiger partial charge in [-0.3, -0.25) is 4.79 Å². The van der Waals surface area contributed by atoms with Crippen LogP contribution in [0.3, 0.4) is 0 Å². The highest BCUT2D eigenvalue weighted by atomic mass is 16.3. The highest BCUT2D eigenvalue weighted by Gasteiger charge is 2.26. The van der Waals surface area contributed by atoms with Crippen molar-refractivity contribution >= 4 is 5.91 Å². The molecule has 0 aromatic carbocycles. The second-order valence-electron chi connectivity index (χ2n) is 21.2. The first-order chi connectivity index (χ1) is 33.6. The van der Waals surface area contributed by atoms with Gasteiger partial charge in [-0.05, 0) is 77.0 Å². The van der Waals surface area contributed by atoms with Crippen molar-refractivity contribution in [2.75, 3.05) is 6.61 Å². The van der Waals surface area contributed by atoms with Crippen molar-refractivity contribution in [3.63, 3.8) is 0 Å². The molecule has 68 heavy (non-hydrogen) atoms. The summed E-state index contributed by atoms with van der Waals surface area (Å²) >= 11 is 0. The van der Waals surface area contributed by atoms with Gasteiger partial charge in [0.1, 0.15) is 6.10 Å². The molecule has 0 aromatic rings. The largest absolute Gasteiger partial charge is 0.394 e. The van der Waals surface area contributed by atoms with Gasteiger partial charge >= 0.3 is 0 Å². The molecule has 0 aliphatic heterocycles. The molecule has 0 aliphatic carbocycles. The van der Waals surface area contributed by atoms with E-state index in [1.807, 2.05) is 0 Å². The highest BCUT2D eigenvalue weighted by molar-refractivity contribution is 5.76. The maximum absolute atomic E-state index is 12.5. The Morgan fingerprint density at radius 1 is 0.353 bits per heavy atom. The Balaban J connectivity index is 3.48. The number of unbranched alkanes of at least 4 members (excludes halogenated alkanes) is 43. The maximum atomic E-state index is 12.5. The zero-order valence-corrected chi connectivity index (χ0v) is 46.0. The summed E-state index contributed by atoms with van der Waals surface area (Å²) in [5, 5.41) is 33.7. The predicted molar refractivity (Wildman–Crippen MR) is 301 cm³/mol. The lowest BCUT2D eigenvalue weighted by molar-refractivity contribution is -0.124. The average molecular weight is 957 g/mol. The number of allylic oxidation sites excluding steroid dienone is 6. The summed E-state index contributed by atoms with van der Waals surface area (Å²) in [5.41, 5.74) is 0. The molecule has 0 spiro atoms. The van der Waals surface area contributed by atoms with E-state index in [4.69, 9.17) is 0 Å². The first-order valence-corrected chi connectivity index (χ1v) is 30.8. The third kappa shape index (κ3) is 52.4. The smallest absolute Gasteiger partial charge is 0.220 e. The van der Waals surface area contributed by atoms with Crippen LogP contribution in [0.25, 0.3) is 0 Å². The summed E-state index contributed by atoms with van der Waals surface area (Å²) < 4.78 is 0. The molecule has 0 saturated carbocycles. The Bertz CT molecular complexity index is 1060. The second-order valence-corrected chi connectivity index (χ2v) is 21.2. The summed E-state index contributed by atoms with van der Waals surface area (Å²) in [4.78, 5) is 12.5. The first-order valence-electron chi connectivity index (χ1n) is 30.8. The molecule has 0 radical (unpaired) electrons. The minimum atomic E-state index is -1.17. The Morgan fingerprint density at radius 3 is 0.897 bits per heavy atom. The number of nitrogens with one attached hydrogen (secondary N) is 1. The molecule has 5 heteroatoms. The van der Waals surface area contributed by atoms with Crippen LogP contribution < -0.4 is 5.32 Å². The molecule has 0 fully saturated rings. The highest BCUT2D eigenvalue weighted by Crippen LogP contribution is 2.18. The summed E-state index contributed by atoms with van der Waals surface area (Å²) in [6, 6.07) is -0.832. The van der Waals surface area contributed by atoms with E-state index in [0.717, 1.165) is 44.9 Å². The zero-order valence-electron chi connectivity index (χ0n) is 46.0. The topological polar surface area (TPSA) is 89.8 Å². The lowest BCUT2D eigenvalue weighted by Gasteiger charge is -2.26. The van der Waals surface area contributed by atoms with Crippen LogP contribution in [0.15, 0.2) is 36.5 Å². The number of carbonyl (C=O) groups is 1. The third-order valence-electron chi connectivity index (χ3n) is 14.4. The fourth-order valence-corrected chi connectivity index (χ4v) is 9.71. The molecule has 402 valence electrons. The van der Waals surface area contributed by atoms with Crippen molar-refractivity contribution < 1.29 is 20.1 Å². The standard InChI is InChI=1S/C63H121NO4/c1-3-5-7-9-11-13-15-17-19-21-22-23-24-25-26-27-28-29-30-31-32-33-34-35-36-37-38-39-40-42-44-46-48-50-52-54-56-58-62(67)64-60(59-65)63(68)61(66)57-55-53-51-49-47-45-43-41-20-18-16-14-12-10-8-6-4-2/h29-30,41,43,49,51,60-61,63,65-66,68H,3-28,31-40,42,44-48,50,52-59H2,1-2H3,(H,64,67)/b30-29-,43-41+,51-49+. The van der Waals surface area contributed by atoms with E-state index in [1.165, 1.54) is 263 Å². The fourth-order valence-electron chi connectivity index (χ4n) is 9.71. The van der Waals surface area contributed by atoms with Crippen LogP contribution in [0.1, 0.15) is 335 Å². The summed E-state index contributed by atoms with van der Waals surface area (Å²) in [6.45, 7) is 4.19. The summed E-state index contributed by atoms with van der Waals surface area (Å²) in [7, 11) is 0. The van der Waals surface area contributed by atoms with Crippen LogP contribution in [0.2, 0.25) is 0 Å². The normalized spacial score (nSPS) is 13.4. The van der Waals surface area contributed by atoms with E-state index >= 15 is 0 Å². The number of rotatable bonds is 57. The summed E-state index contributed by atoms with van der Waals surface area (Å²) in [6.07, 6.45) is 76.2. The van der Waals surface area contributed by atoms with Crippen molar-refractivity contribution in [3.8, 4) is 0 Å². The van der Waals surface area contributed by atoms with Gasteiger partial charge in [0.05, 0.1) is 18.8 Å². The minimum Gasteiger partial charge on any atom is -0.394 e. The van der Waals surface area contributed by atoms with Gasteiger partial charge in [0.15, 0.2) is 0 Å². The molecule has 4 N–H and O–H groups in total. The second kappa shape index (κ2) is 58.1. The molecule has 3 atom stereocenters. The number of amides is 1. The number of hydrogen-bond donors (Lipinski definition) is 4. The SMILES string of the molecule is CCCCCCCCCC/C=C/CC/C=C/CCCC(O)C(O)C(CO)NC(=O)CCCCCCCCCCCCCCCCCCC/C=C\CCCCCCCCCCCCCCCCCC. The number of aliphatic hydroxyl groups is 3. The first kappa shape index (κ1) is 66.6. The van der Waals surface area contributed by atoms with Gasteiger partial charge in [0, 0.05) is 6.42 Å². The molecule has 3 unspecified atom stereocenters. The van der Waals surface area contributed by atoms with Crippen molar-refractivity contribution in [1.29, 1.82) is 0 Å². The molecule has 0 saturated heterocycles. The van der Waals surface area contributed by atoms with E-state index in [-0.39, 0.29) is 12.5 Å². The molecule has 5 nitrogen and oxygen atoms in total. The number of hydrogen-bond acceptors (Lipinski definition) is 4. The third-order valence-corrected chi connectivity index (χ3v) is 14.4. The Kier molecular flexibility index (Phi) is 56.9. The summed E-state index contributed by atoms with van der Waals surface area (Å²) in [5.74, 6) is -0.154. The lowest BCUT2D eigenvalue weighted by Crippen LogP contribution is -2.50. The van der Waals surface area contributed by atoms with Crippen LogP contribution in [-0.2, 0) is 4.79 Å². The van der Waals surface area contributed by atoms with Crippen molar-refractivity contribution in [2.24, 2.45) is 0 Å². The molecule has 0 heterocycles. The zero-order chi connectivity index (χ0) is 49.3. The van der Waals surface area contributed by atoms with Gasteiger partial charge < -0.3 is 20.6 Å². The van der Waals surface area contributed by atoms with Crippen molar-refractivity contribution in [3.05, 3.63) is 36.5 Å². The minimum absolute atomic E-state index is 0.154. The van der Waals surface area contributed by atoms with E-state index in [2.05, 4.69) is 55.6 Å². The molecule has 0 aliphatic rings. The average Bonchev–Trinajstić information content (AvgIpc) is 3.34. The Hall–Kier alpha value is -1.43. The molecule has 1 amide bonds. The number of carbonyl (C=O) groups excluding carboxylic acids is 1. The van der Waals surface area contributed by atoms with Crippen LogP contribution in [0.4, 0.5) is 0 Å². The molecule has 0 rings (SSSR count). The monoisotopic (exact) mass is 956 g/mol. The number of aliphatic hydroxyl groups excluding tert-OH is 3. The molecular weight excluding hydrogens is 835 g/mol. The Labute approximate surface area is 425 Å². The van der Waals surface area contributed by atoms with Gasteiger partial charge in [-0.2, -0.15) is 0 Å². The van der Waals surface area contributed by atoms with Crippen molar-refractivity contribution in [2.45, 2.75) is 353 Å². The van der Waals surface area contributed by atoms with Crippen LogP contribution in [0.5, 0.6) is 0 Å². The van der Waals surface area contributed by atoms with Gasteiger partial charge in [0.25, 0.3) is 0 Å². The van der Waals surface area contributed by atoms with Crippen LogP contribution >= 0.6 is 0 Å². The van der Waals surface area contributed by atoms with Crippen molar-refractivity contribution in [1.82, 2.24) is 5.32 Å². The lowest BCUT2D eigenvalue weighted by atomic mass is 10.0. The van der Waals surface area contributed by atoms with Gasteiger partial charge in [0.2, 0.25) is 5.91 Å². The van der Waals surface area contributed by atoms with Crippen LogP contribution in [-0.4, -0.2) is 46.1 Å².